The molecule has 0 fully saturated rings. The van der Waals surface area contributed by atoms with Crippen molar-refractivity contribution in [3.8, 4) is 11.5 Å². The molecule has 0 bridgehead atoms. The third-order valence-electron chi connectivity index (χ3n) is 3.27. The summed E-state index contributed by atoms with van der Waals surface area (Å²) < 4.78 is 10.7. The van der Waals surface area contributed by atoms with Gasteiger partial charge in [0.15, 0.2) is 6.10 Å². The first kappa shape index (κ1) is 16.2. The molecule has 2 aromatic carbocycles. The maximum Gasteiger partial charge on any atom is 0.265 e. The lowest BCUT2D eigenvalue weighted by molar-refractivity contribution is -0.122. The van der Waals surface area contributed by atoms with Crippen molar-refractivity contribution in [3.63, 3.8) is 0 Å². The van der Waals surface area contributed by atoms with Crippen LogP contribution in [0.15, 0.2) is 42.5 Å². The van der Waals surface area contributed by atoms with Crippen LogP contribution in [-0.4, -0.2) is 19.1 Å². The van der Waals surface area contributed by atoms with E-state index >= 15 is 0 Å². The van der Waals surface area contributed by atoms with E-state index in [1.807, 2.05) is 6.92 Å². The Labute approximate surface area is 135 Å². The molecular formula is C17H18ClNO3. The van der Waals surface area contributed by atoms with Crippen LogP contribution in [0.4, 0.5) is 5.69 Å². The molecule has 22 heavy (non-hydrogen) atoms. The molecule has 0 radical (unpaired) electrons. The van der Waals surface area contributed by atoms with Gasteiger partial charge in [-0.3, -0.25) is 4.79 Å². The fraction of sp³-hybridized carbons (Fsp3) is 0.235. The quantitative estimate of drug-likeness (QED) is 0.904. The maximum atomic E-state index is 12.2. The van der Waals surface area contributed by atoms with Crippen LogP contribution in [0, 0.1) is 6.92 Å². The molecule has 4 nitrogen and oxygen atoms in total. The van der Waals surface area contributed by atoms with Crippen molar-refractivity contribution in [1.82, 2.24) is 0 Å². The third-order valence-corrected chi connectivity index (χ3v) is 3.68. The van der Waals surface area contributed by atoms with Gasteiger partial charge in [-0.2, -0.15) is 0 Å². The highest BCUT2D eigenvalue weighted by Crippen LogP contribution is 2.23. The van der Waals surface area contributed by atoms with Crippen LogP contribution < -0.4 is 14.8 Å². The van der Waals surface area contributed by atoms with E-state index in [1.54, 1.807) is 56.5 Å². The van der Waals surface area contributed by atoms with Gasteiger partial charge >= 0.3 is 0 Å². The Morgan fingerprint density at radius 2 is 1.77 bits per heavy atom. The van der Waals surface area contributed by atoms with Gasteiger partial charge in [-0.05, 0) is 55.8 Å². The molecule has 0 aliphatic carbocycles. The van der Waals surface area contributed by atoms with Gasteiger partial charge in [0.25, 0.3) is 5.91 Å². The summed E-state index contributed by atoms with van der Waals surface area (Å²) in [5.41, 5.74) is 1.51. The van der Waals surface area contributed by atoms with Gasteiger partial charge in [0.05, 0.1) is 7.11 Å². The number of nitrogens with one attached hydrogen (secondary N) is 1. The van der Waals surface area contributed by atoms with Crippen LogP contribution in [0.5, 0.6) is 11.5 Å². The van der Waals surface area contributed by atoms with Gasteiger partial charge in [-0.15, -0.1) is 0 Å². The molecule has 0 aliphatic heterocycles. The minimum absolute atomic E-state index is 0.235. The number of benzene rings is 2. The first-order chi connectivity index (χ1) is 10.5. The van der Waals surface area contributed by atoms with Gasteiger partial charge in [0.1, 0.15) is 11.5 Å². The number of carbonyl (C=O) groups excluding carboxylic acids is 1. The van der Waals surface area contributed by atoms with Crippen LogP contribution in [0.3, 0.4) is 0 Å². The zero-order valence-electron chi connectivity index (χ0n) is 12.7. The van der Waals surface area contributed by atoms with Crippen molar-refractivity contribution in [2.45, 2.75) is 20.0 Å². The van der Waals surface area contributed by atoms with E-state index in [0.717, 1.165) is 11.3 Å². The number of amides is 1. The average molecular weight is 320 g/mol. The molecule has 5 heteroatoms. The molecule has 0 saturated carbocycles. The predicted octanol–water partition coefficient (Wildman–Crippen LogP) is 4.06. The number of rotatable bonds is 5. The molecule has 0 aromatic heterocycles. The summed E-state index contributed by atoms with van der Waals surface area (Å²) in [6.45, 7) is 3.55. The van der Waals surface area contributed by atoms with Crippen molar-refractivity contribution < 1.29 is 14.3 Å². The zero-order valence-corrected chi connectivity index (χ0v) is 13.5. The second kappa shape index (κ2) is 7.18. The fourth-order valence-electron chi connectivity index (χ4n) is 1.89. The van der Waals surface area contributed by atoms with E-state index in [4.69, 9.17) is 21.1 Å². The van der Waals surface area contributed by atoms with Gasteiger partial charge in [-0.25, -0.2) is 0 Å². The molecule has 2 aromatic rings. The first-order valence-electron chi connectivity index (χ1n) is 6.88. The molecular weight excluding hydrogens is 302 g/mol. The Bertz CT molecular complexity index is 655. The van der Waals surface area contributed by atoms with E-state index < -0.39 is 6.10 Å². The van der Waals surface area contributed by atoms with Gasteiger partial charge in [0, 0.05) is 10.7 Å². The Morgan fingerprint density at radius 1 is 1.14 bits per heavy atom. The Kier molecular flexibility index (Phi) is 5.28. The molecule has 2 rings (SSSR count). The topological polar surface area (TPSA) is 47.6 Å². The van der Waals surface area contributed by atoms with Crippen molar-refractivity contribution >= 4 is 23.2 Å². The summed E-state index contributed by atoms with van der Waals surface area (Å²) in [6.07, 6.45) is -0.633. The van der Waals surface area contributed by atoms with Gasteiger partial charge in [-0.1, -0.05) is 17.7 Å². The predicted molar refractivity (Wildman–Crippen MR) is 87.9 cm³/mol. The number of hydrogen-bond acceptors (Lipinski definition) is 3. The molecule has 0 heterocycles. The van der Waals surface area contributed by atoms with Crippen molar-refractivity contribution in [1.29, 1.82) is 0 Å². The van der Waals surface area contributed by atoms with E-state index in [1.165, 1.54) is 0 Å². The average Bonchev–Trinajstić information content (AvgIpc) is 2.52. The summed E-state index contributed by atoms with van der Waals surface area (Å²) in [5.74, 6) is 1.10. The van der Waals surface area contributed by atoms with Crippen LogP contribution in [0.2, 0.25) is 5.02 Å². The minimum Gasteiger partial charge on any atom is -0.497 e. The van der Waals surface area contributed by atoms with Gasteiger partial charge in [0.2, 0.25) is 0 Å². The highest BCUT2D eigenvalue weighted by atomic mass is 35.5. The Morgan fingerprint density at radius 3 is 2.41 bits per heavy atom. The van der Waals surface area contributed by atoms with Crippen LogP contribution >= 0.6 is 11.6 Å². The first-order valence-corrected chi connectivity index (χ1v) is 7.25. The molecule has 0 unspecified atom stereocenters. The molecule has 0 spiro atoms. The highest BCUT2D eigenvalue weighted by Gasteiger charge is 2.16. The van der Waals surface area contributed by atoms with E-state index in [9.17, 15) is 4.79 Å². The number of methoxy groups -OCH3 is 1. The van der Waals surface area contributed by atoms with E-state index in [0.29, 0.717) is 16.5 Å². The summed E-state index contributed by atoms with van der Waals surface area (Å²) in [6, 6.07) is 12.5. The maximum absolute atomic E-state index is 12.2. The minimum atomic E-state index is -0.633. The van der Waals surface area contributed by atoms with E-state index in [-0.39, 0.29) is 5.91 Å². The number of carbonyl (C=O) groups is 1. The number of halogens is 1. The lowest BCUT2D eigenvalue weighted by Crippen LogP contribution is -2.30. The zero-order chi connectivity index (χ0) is 16.1. The molecule has 0 aliphatic rings. The van der Waals surface area contributed by atoms with Crippen molar-refractivity contribution in [2.75, 3.05) is 12.4 Å². The largest absolute Gasteiger partial charge is 0.497 e. The Hall–Kier alpha value is -2.20. The Balaban J connectivity index is 2.01. The molecule has 1 amide bonds. The summed E-state index contributed by atoms with van der Waals surface area (Å²) in [4.78, 5) is 12.2. The van der Waals surface area contributed by atoms with Gasteiger partial charge < -0.3 is 14.8 Å². The number of anilines is 1. The standard InChI is InChI=1S/C17H18ClNO3/c1-11-15(18)5-4-6-16(11)19-17(20)12(2)22-14-9-7-13(21-3)8-10-14/h4-10,12H,1-3H3,(H,19,20)/t12-/m0/s1. The smallest absolute Gasteiger partial charge is 0.265 e. The number of ether oxygens (including phenoxy) is 2. The monoisotopic (exact) mass is 319 g/mol. The fourth-order valence-corrected chi connectivity index (χ4v) is 2.06. The summed E-state index contributed by atoms with van der Waals surface area (Å²) in [7, 11) is 1.60. The second-order valence-electron chi connectivity index (χ2n) is 4.84. The SMILES string of the molecule is COc1ccc(O[C@@H](C)C(=O)Nc2cccc(Cl)c2C)cc1. The van der Waals surface area contributed by atoms with E-state index in [2.05, 4.69) is 5.32 Å². The third kappa shape index (κ3) is 3.92. The highest BCUT2D eigenvalue weighted by molar-refractivity contribution is 6.31. The van der Waals surface area contributed by atoms with Crippen molar-refractivity contribution in [2.24, 2.45) is 0 Å². The van der Waals surface area contributed by atoms with Crippen molar-refractivity contribution in [3.05, 3.63) is 53.1 Å². The number of hydrogen-bond donors (Lipinski definition) is 1. The second-order valence-corrected chi connectivity index (χ2v) is 5.24. The van der Waals surface area contributed by atoms with Crippen LogP contribution in [0.1, 0.15) is 12.5 Å². The van der Waals surface area contributed by atoms with Crippen LogP contribution in [0.25, 0.3) is 0 Å². The normalized spacial score (nSPS) is 11.6. The molecule has 1 atom stereocenters. The molecule has 0 saturated heterocycles. The summed E-state index contributed by atoms with van der Waals surface area (Å²) >= 11 is 6.04. The summed E-state index contributed by atoms with van der Waals surface area (Å²) in [5, 5.41) is 3.43. The lowest BCUT2D eigenvalue weighted by atomic mass is 10.2. The lowest BCUT2D eigenvalue weighted by Gasteiger charge is -2.16. The van der Waals surface area contributed by atoms with Crippen LogP contribution in [-0.2, 0) is 4.79 Å². The molecule has 116 valence electrons. The molecule has 1 N–H and O–H groups in total.